The van der Waals surface area contributed by atoms with Crippen LogP contribution in [0.4, 0.5) is 5.69 Å². The Morgan fingerprint density at radius 3 is 2.84 bits per heavy atom. The molecular weight excluding hydrogens is 381 g/mol. The first-order valence-electron chi connectivity index (χ1n) is 8.84. The summed E-state index contributed by atoms with van der Waals surface area (Å²) in [5.41, 5.74) is 0.596. The van der Waals surface area contributed by atoms with E-state index in [2.05, 4.69) is 15.5 Å². The summed E-state index contributed by atoms with van der Waals surface area (Å²) < 4.78 is 0. The number of nitrogens with one attached hydrogen (secondary N) is 2. The van der Waals surface area contributed by atoms with Gasteiger partial charge in [-0.05, 0) is 69.4 Å². The molecule has 1 amide bonds. The van der Waals surface area contributed by atoms with Gasteiger partial charge in [-0.2, -0.15) is 0 Å². The first-order chi connectivity index (χ1) is 11.6. The van der Waals surface area contributed by atoms with Gasteiger partial charge in [0.15, 0.2) is 0 Å². The molecule has 2 atom stereocenters. The van der Waals surface area contributed by atoms with Crippen LogP contribution in [-0.4, -0.2) is 43.0 Å². The Labute approximate surface area is 166 Å². The molecule has 4 nitrogen and oxygen atoms in total. The lowest BCUT2D eigenvalue weighted by Gasteiger charge is -2.38. The number of piperidine rings is 2. The third kappa shape index (κ3) is 5.73. The number of benzene rings is 1. The Balaban J connectivity index is 0.00000225. The minimum absolute atomic E-state index is 0. The molecule has 0 bridgehead atoms. The highest BCUT2D eigenvalue weighted by molar-refractivity contribution is 6.35. The second kappa shape index (κ2) is 9.98. The maximum atomic E-state index is 12.8. The van der Waals surface area contributed by atoms with Gasteiger partial charge in [-0.15, -0.1) is 12.4 Å². The van der Waals surface area contributed by atoms with Crippen molar-refractivity contribution < 1.29 is 4.79 Å². The molecule has 2 aliphatic rings. The van der Waals surface area contributed by atoms with Crippen molar-refractivity contribution in [2.75, 3.05) is 31.5 Å². The molecule has 0 aromatic heterocycles. The van der Waals surface area contributed by atoms with Crippen molar-refractivity contribution in [1.82, 2.24) is 10.2 Å². The van der Waals surface area contributed by atoms with Crippen LogP contribution in [0, 0.1) is 5.92 Å². The summed E-state index contributed by atoms with van der Waals surface area (Å²) in [6.07, 6.45) is 5.65. The summed E-state index contributed by atoms with van der Waals surface area (Å²) in [4.78, 5) is 15.2. The molecule has 0 radical (unpaired) electrons. The number of amides is 1. The van der Waals surface area contributed by atoms with Crippen LogP contribution in [-0.2, 0) is 4.79 Å². The van der Waals surface area contributed by atoms with Crippen molar-refractivity contribution in [2.45, 2.75) is 38.1 Å². The number of hydrogen-bond donors (Lipinski definition) is 2. The first-order valence-corrected chi connectivity index (χ1v) is 9.60. The van der Waals surface area contributed by atoms with E-state index in [1.807, 2.05) is 0 Å². The van der Waals surface area contributed by atoms with E-state index in [0.717, 1.165) is 39.0 Å². The van der Waals surface area contributed by atoms with Gasteiger partial charge in [0.05, 0.1) is 16.8 Å². The lowest BCUT2D eigenvalue weighted by atomic mass is 9.95. The van der Waals surface area contributed by atoms with Crippen LogP contribution in [0.2, 0.25) is 10.0 Å². The van der Waals surface area contributed by atoms with Crippen LogP contribution in [0.5, 0.6) is 0 Å². The largest absolute Gasteiger partial charge is 0.323 e. The van der Waals surface area contributed by atoms with E-state index in [1.165, 1.54) is 19.3 Å². The molecule has 2 aliphatic heterocycles. The molecule has 2 unspecified atom stereocenters. The van der Waals surface area contributed by atoms with E-state index in [-0.39, 0.29) is 24.4 Å². The highest BCUT2D eigenvalue weighted by Crippen LogP contribution is 2.27. The number of carbonyl (C=O) groups is 1. The van der Waals surface area contributed by atoms with E-state index >= 15 is 0 Å². The minimum Gasteiger partial charge on any atom is -0.323 e. The second-order valence-corrected chi connectivity index (χ2v) is 7.68. The molecule has 7 heteroatoms. The van der Waals surface area contributed by atoms with E-state index < -0.39 is 0 Å². The van der Waals surface area contributed by atoms with Gasteiger partial charge in [0.25, 0.3) is 0 Å². The van der Waals surface area contributed by atoms with Gasteiger partial charge < -0.3 is 10.6 Å². The molecule has 25 heavy (non-hydrogen) atoms. The maximum Gasteiger partial charge on any atom is 0.241 e. The summed E-state index contributed by atoms with van der Waals surface area (Å²) >= 11 is 12.2. The Hall–Kier alpha value is -0.520. The van der Waals surface area contributed by atoms with Crippen LogP contribution in [0.3, 0.4) is 0 Å². The molecule has 0 spiro atoms. The zero-order valence-corrected chi connectivity index (χ0v) is 16.6. The fourth-order valence-electron chi connectivity index (χ4n) is 3.73. The van der Waals surface area contributed by atoms with Crippen LogP contribution in [0.1, 0.15) is 32.1 Å². The summed E-state index contributed by atoms with van der Waals surface area (Å²) in [6.45, 7) is 4.17. The number of carbonyl (C=O) groups excluding carboxylic acids is 1. The molecule has 2 N–H and O–H groups in total. The molecule has 1 aromatic rings. The van der Waals surface area contributed by atoms with Crippen molar-refractivity contribution in [1.29, 1.82) is 0 Å². The molecular formula is C18H26Cl3N3O. The number of likely N-dealkylation sites (tertiary alicyclic amines) is 1. The van der Waals surface area contributed by atoms with Crippen molar-refractivity contribution >= 4 is 47.2 Å². The van der Waals surface area contributed by atoms with Crippen LogP contribution in [0.15, 0.2) is 18.2 Å². The third-order valence-electron chi connectivity index (χ3n) is 4.99. The zero-order chi connectivity index (χ0) is 16.9. The van der Waals surface area contributed by atoms with Crippen LogP contribution >= 0.6 is 35.6 Å². The van der Waals surface area contributed by atoms with Crippen molar-refractivity contribution in [3.05, 3.63) is 28.2 Å². The van der Waals surface area contributed by atoms with E-state index in [9.17, 15) is 4.79 Å². The molecule has 0 aliphatic carbocycles. The van der Waals surface area contributed by atoms with Crippen molar-refractivity contribution in [2.24, 2.45) is 5.92 Å². The van der Waals surface area contributed by atoms with E-state index in [0.29, 0.717) is 21.7 Å². The Morgan fingerprint density at radius 2 is 2.08 bits per heavy atom. The molecule has 1 aromatic carbocycles. The predicted octanol–water partition coefficient (Wildman–Crippen LogP) is 4.21. The van der Waals surface area contributed by atoms with Crippen molar-refractivity contribution in [3.8, 4) is 0 Å². The summed E-state index contributed by atoms with van der Waals surface area (Å²) in [7, 11) is 0. The van der Waals surface area contributed by atoms with E-state index in [4.69, 9.17) is 23.2 Å². The van der Waals surface area contributed by atoms with Gasteiger partial charge in [-0.25, -0.2) is 0 Å². The lowest BCUT2D eigenvalue weighted by Crippen LogP contribution is -2.50. The number of rotatable bonds is 4. The highest BCUT2D eigenvalue weighted by Gasteiger charge is 2.31. The fourth-order valence-corrected chi connectivity index (χ4v) is 4.06. The summed E-state index contributed by atoms with van der Waals surface area (Å²) in [5.74, 6) is 0.671. The maximum absolute atomic E-state index is 12.8. The smallest absolute Gasteiger partial charge is 0.241 e. The third-order valence-corrected chi connectivity index (χ3v) is 5.56. The Morgan fingerprint density at radius 1 is 1.24 bits per heavy atom. The Kier molecular flexibility index (Phi) is 8.30. The van der Waals surface area contributed by atoms with Gasteiger partial charge in [-0.1, -0.05) is 29.6 Å². The number of nitrogens with zero attached hydrogens (tertiary/aromatic N) is 1. The van der Waals surface area contributed by atoms with Gasteiger partial charge in [-0.3, -0.25) is 9.69 Å². The molecule has 0 saturated carbocycles. The highest BCUT2D eigenvalue weighted by atomic mass is 35.5. The Bertz CT molecular complexity index is 579. The first kappa shape index (κ1) is 20.8. The van der Waals surface area contributed by atoms with Crippen LogP contribution < -0.4 is 10.6 Å². The molecule has 2 heterocycles. The second-order valence-electron chi connectivity index (χ2n) is 6.83. The fraction of sp³-hybridized carbons (Fsp3) is 0.611. The topological polar surface area (TPSA) is 44.4 Å². The standard InChI is InChI=1S/C18H25Cl2N3O.ClH/c19-14-6-7-15(20)16(10-14)22-18(24)17-5-1-2-9-23(17)12-13-4-3-8-21-11-13;/h6-7,10,13,17,21H,1-5,8-9,11-12H2,(H,22,24);1H. The SMILES string of the molecule is Cl.O=C(Nc1cc(Cl)ccc1Cl)C1CCCCN1CC1CCCNC1. The number of anilines is 1. The molecule has 2 saturated heterocycles. The number of hydrogen-bond acceptors (Lipinski definition) is 3. The van der Waals surface area contributed by atoms with Gasteiger partial charge in [0, 0.05) is 11.6 Å². The molecule has 2 fully saturated rings. The van der Waals surface area contributed by atoms with Gasteiger partial charge in [0.2, 0.25) is 5.91 Å². The average molecular weight is 407 g/mol. The predicted molar refractivity (Wildman–Crippen MR) is 107 cm³/mol. The van der Waals surface area contributed by atoms with Gasteiger partial charge in [0.1, 0.15) is 0 Å². The zero-order valence-electron chi connectivity index (χ0n) is 14.3. The summed E-state index contributed by atoms with van der Waals surface area (Å²) in [5, 5.41) is 7.53. The van der Waals surface area contributed by atoms with E-state index in [1.54, 1.807) is 18.2 Å². The quantitative estimate of drug-likeness (QED) is 0.787. The lowest BCUT2D eigenvalue weighted by molar-refractivity contribution is -0.122. The van der Waals surface area contributed by atoms with Crippen LogP contribution in [0.25, 0.3) is 0 Å². The monoisotopic (exact) mass is 405 g/mol. The molecule has 140 valence electrons. The molecule has 3 rings (SSSR count). The number of halogens is 3. The van der Waals surface area contributed by atoms with Crippen molar-refractivity contribution in [3.63, 3.8) is 0 Å². The average Bonchev–Trinajstić information content (AvgIpc) is 2.59. The minimum atomic E-state index is -0.0734. The summed E-state index contributed by atoms with van der Waals surface area (Å²) in [6, 6.07) is 5.07. The normalized spacial score (nSPS) is 24.4. The van der Waals surface area contributed by atoms with Gasteiger partial charge >= 0.3 is 0 Å².